The van der Waals surface area contributed by atoms with Gasteiger partial charge in [-0.3, -0.25) is 24.0 Å². The fourth-order valence-corrected chi connectivity index (χ4v) is 12.7. The maximum atomic E-state index is 14.6. The van der Waals surface area contributed by atoms with Gasteiger partial charge in [-0.1, -0.05) is 54.0 Å². The first-order valence-corrected chi connectivity index (χ1v) is 18.9. The Kier molecular flexibility index (Phi) is 8.59. The van der Waals surface area contributed by atoms with E-state index in [1.54, 1.807) is 18.7 Å². The summed E-state index contributed by atoms with van der Waals surface area (Å²) >= 11 is 0. The normalized spacial score (nSPS) is 40.2. The number of Topliss-reactive ketones (excluding diaryl/α,β-unsaturated/α-hetero) is 1. The van der Waals surface area contributed by atoms with Crippen molar-refractivity contribution in [2.24, 2.45) is 56.2 Å². The quantitative estimate of drug-likeness (QED) is 0.247. The third-order valence-corrected chi connectivity index (χ3v) is 15.5. The number of carbonyl (C=O) groups excluding carboxylic acids is 4. The minimum atomic E-state index is -1.18. The molecule has 4 saturated carbocycles. The molecule has 0 radical (unpaired) electrons. The molecule has 9 heteroatoms. The van der Waals surface area contributed by atoms with Crippen molar-refractivity contribution in [3.63, 3.8) is 0 Å². The minimum absolute atomic E-state index is 0.0206. The Labute approximate surface area is 292 Å². The number of fused-ring (bicyclic) bond motifs is 6. The minimum Gasteiger partial charge on any atom is -0.481 e. The summed E-state index contributed by atoms with van der Waals surface area (Å²) in [5, 5.41) is 12.4. The molecule has 0 aromatic rings. The first kappa shape index (κ1) is 36.1. The highest BCUT2D eigenvalue weighted by Crippen LogP contribution is 2.76. The van der Waals surface area contributed by atoms with E-state index in [0.717, 1.165) is 50.5 Å². The highest BCUT2D eigenvalue weighted by atomic mass is 16.5. The summed E-state index contributed by atoms with van der Waals surface area (Å²) in [7, 11) is 0. The van der Waals surface area contributed by atoms with Crippen LogP contribution in [0.25, 0.3) is 0 Å². The zero-order valence-corrected chi connectivity index (χ0v) is 31.4. The number of esters is 1. The molecule has 1 aliphatic heterocycles. The third-order valence-electron chi connectivity index (χ3n) is 15.5. The summed E-state index contributed by atoms with van der Waals surface area (Å²) in [6.45, 7) is 20.3. The van der Waals surface area contributed by atoms with E-state index in [-0.39, 0.29) is 76.6 Å². The molecule has 1 unspecified atom stereocenters. The van der Waals surface area contributed by atoms with Crippen LogP contribution in [0.2, 0.25) is 0 Å². The number of hydrogen-bond acceptors (Lipinski definition) is 6. The number of ether oxygens (including phenoxy) is 1. The van der Waals surface area contributed by atoms with Gasteiger partial charge in [0, 0.05) is 30.8 Å². The number of carboxylic acid groups (broad SMARTS) is 1. The second-order valence-electron chi connectivity index (χ2n) is 19.1. The predicted molar refractivity (Wildman–Crippen MR) is 185 cm³/mol. The van der Waals surface area contributed by atoms with Gasteiger partial charge >= 0.3 is 11.9 Å². The Morgan fingerprint density at radius 2 is 1.67 bits per heavy atom. The summed E-state index contributed by atoms with van der Waals surface area (Å²) in [6.07, 6.45) is 6.93. The van der Waals surface area contributed by atoms with Gasteiger partial charge in [-0.15, -0.1) is 0 Å². The molecule has 0 bridgehead atoms. The van der Waals surface area contributed by atoms with Crippen molar-refractivity contribution in [1.82, 2.24) is 10.2 Å². The highest BCUT2D eigenvalue weighted by Gasteiger charge is 2.70. The van der Waals surface area contributed by atoms with Gasteiger partial charge in [-0.2, -0.15) is 0 Å². The van der Waals surface area contributed by atoms with Crippen LogP contribution in [0.1, 0.15) is 127 Å². The number of ketones is 1. The SMILES string of the molecule is CC(C)C1C(=O)C[C@]2(C(=O)N3CCNC(=O)C3)CC[C@]3(C)C(=C12)CC[C@@H]1[C@@]2(C)CC[C@H](OC(=O)CC(C)(C)C(=O)O)C(C)(C)[C@@H]2CC[C@]13C. The maximum Gasteiger partial charge on any atom is 0.309 e. The molecule has 9 nitrogen and oxygen atoms in total. The second-order valence-corrected chi connectivity index (χ2v) is 19.1. The second kappa shape index (κ2) is 11.7. The largest absolute Gasteiger partial charge is 0.481 e. The van der Waals surface area contributed by atoms with Crippen molar-refractivity contribution in [3.8, 4) is 0 Å². The van der Waals surface area contributed by atoms with Crippen molar-refractivity contribution >= 4 is 29.5 Å². The average molecular weight is 681 g/mol. The number of carboxylic acids is 1. The van der Waals surface area contributed by atoms with Crippen molar-refractivity contribution in [2.75, 3.05) is 19.6 Å². The van der Waals surface area contributed by atoms with Crippen LogP contribution in [0.4, 0.5) is 0 Å². The number of nitrogens with zero attached hydrogens (tertiary/aromatic N) is 1. The van der Waals surface area contributed by atoms with Crippen LogP contribution in [0, 0.1) is 56.2 Å². The van der Waals surface area contributed by atoms with E-state index in [2.05, 4.69) is 53.8 Å². The fraction of sp³-hybridized carbons (Fsp3) is 0.825. The van der Waals surface area contributed by atoms with Crippen LogP contribution in [-0.2, 0) is 28.7 Å². The van der Waals surface area contributed by atoms with E-state index in [1.807, 2.05) is 0 Å². The van der Waals surface area contributed by atoms with Crippen molar-refractivity contribution in [2.45, 2.75) is 133 Å². The van der Waals surface area contributed by atoms with Gasteiger partial charge in [0.15, 0.2) is 0 Å². The molecule has 0 aromatic carbocycles. The topological polar surface area (TPSA) is 130 Å². The average Bonchev–Trinajstić information content (AvgIpc) is 3.31. The summed E-state index contributed by atoms with van der Waals surface area (Å²) in [5.41, 5.74) is 0.0187. The zero-order valence-electron chi connectivity index (χ0n) is 31.4. The Bertz CT molecular complexity index is 1490. The van der Waals surface area contributed by atoms with Crippen molar-refractivity contribution < 1.29 is 33.8 Å². The molecule has 1 saturated heterocycles. The molecule has 272 valence electrons. The third kappa shape index (κ3) is 5.16. The first-order valence-electron chi connectivity index (χ1n) is 18.9. The van der Waals surface area contributed by atoms with Crippen LogP contribution in [0.5, 0.6) is 0 Å². The van der Waals surface area contributed by atoms with Crippen LogP contribution in [-0.4, -0.2) is 65.3 Å². The number of rotatable bonds is 6. The molecule has 6 rings (SSSR count). The Morgan fingerprint density at radius 3 is 2.31 bits per heavy atom. The van der Waals surface area contributed by atoms with Crippen LogP contribution >= 0.6 is 0 Å². The lowest BCUT2D eigenvalue weighted by Gasteiger charge is -2.70. The smallest absolute Gasteiger partial charge is 0.309 e. The summed E-state index contributed by atoms with van der Waals surface area (Å²) < 4.78 is 6.13. The van der Waals surface area contributed by atoms with Gasteiger partial charge in [0.05, 0.1) is 23.8 Å². The number of carbonyl (C=O) groups is 5. The van der Waals surface area contributed by atoms with E-state index in [1.165, 1.54) is 5.57 Å². The molecular formula is C40H60N2O7. The van der Waals surface area contributed by atoms with Crippen molar-refractivity contribution in [3.05, 3.63) is 11.1 Å². The molecule has 8 atom stereocenters. The molecule has 6 aliphatic rings. The summed E-state index contributed by atoms with van der Waals surface area (Å²) in [4.78, 5) is 67.4. The van der Waals surface area contributed by atoms with Gasteiger partial charge in [-0.25, -0.2) is 0 Å². The van der Waals surface area contributed by atoms with Crippen molar-refractivity contribution in [1.29, 1.82) is 0 Å². The van der Waals surface area contributed by atoms with Gasteiger partial charge < -0.3 is 20.1 Å². The maximum absolute atomic E-state index is 14.6. The lowest BCUT2D eigenvalue weighted by atomic mass is 9.34. The lowest BCUT2D eigenvalue weighted by molar-refractivity contribution is -0.214. The predicted octanol–water partition coefficient (Wildman–Crippen LogP) is 6.34. The molecule has 5 aliphatic carbocycles. The van der Waals surface area contributed by atoms with E-state index >= 15 is 0 Å². The first-order chi connectivity index (χ1) is 22.7. The van der Waals surface area contributed by atoms with Gasteiger partial charge in [0.2, 0.25) is 11.8 Å². The Balaban J connectivity index is 1.34. The number of nitrogens with one attached hydrogen (secondary N) is 1. The van der Waals surface area contributed by atoms with Crippen LogP contribution in [0.3, 0.4) is 0 Å². The molecule has 0 aromatic heterocycles. The lowest BCUT2D eigenvalue weighted by Crippen LogP contribution is -2.64. The summed E-state index contributed by atoms with van der Waals surface area (Å²) in [6, 6.07) is 0. The fourth-order valence-electron chi connectivity index (χ4n) is 12.7. The van der Waals surface area contributed by atoms with Gasteiger partial charge in [0.1, 0.15) is 11.9 Å². The van der Waals surface area contributed by atoms with E-state index < -0.39 is 22.8 Å². The molecule has 1 heterocycles. The number of aliphatic carboxylic acids is 1. The van der Waals surface area contributed by atoms with Gasteiger partial charge in [-0.05, 0) is 105 Å². The highest BCUT2D eigenvalue weighted by molar-refractivity contribution is 6.01. The number of hydrogen-bond donors (Lipinski definition) is 2. The Morgan fingerprint density at radius 1 is 0.980 bits per heavy atom. The van der Waals surface area contributed by atoms with Crippen LogP contribution < -0.4 is 5.32 Å². The number of amides is 2. The standard InChI is InChI=1S/C40H60N2O7/c1-23(2)31-25(43)20-40(33(46)42-19-18-41-29(44)22-42)17-16-38(8)24(32(31)40)10-11-27-37(7)14-13-28(49-30(45)21-35(3,4)34(47)48)36(5,6)26(37)12-15-39(27,38)9/h23,26-28,31H,10-22H2,1-9H3,(H,41,44)(H,47,48)/t26-,27+,28-,31?,37-,38+,39+,40+/m0/s1. The van der Waals surface area contributed by atoms with E-state index in [0.29, 0.717) is 31.3 Å². The molecule has 0 spiro atoms. The summed E-state index contributed by atoms with van der Waals surface area (Å²) in [5.74, 6) is -0.822. The van der Waals surface area contributed by atoms with Crippen LogP contribution in [0.15, 0.2) is 11.1 Å². The molecule has 49 heavy (non-hydrogen) atoms. The molecule has 2 N–H and O–H groups in total. The zero-order chi connectivity index (χ0) is 36.1. The molecular weight excluding hydrogens is 620 g/mol. The molecule has 5 fully saturated rings. The van der Waals surface area contributed by atoms with E-state index in [9.17, 15) is 29.1 Å². The monoisotopic (exact) mass is 680 g/mol. The van der Waals surface area contributed by atoms with Gasteiger partial charge in [0.25, 0.3) is 0 Å². The molecule has 2 amide bonds. The number of allylic oxidation sites excluding steroid dienone is 1. The Hall–Kier alpha value is -2.71. The number of piperazine rings is 1. The van der Waals surface area contributed by atoms with E-state index in [4.69, 9.17) is 4.74 Å².